The van der Waals surface area contributed by atoms with Gasteiger partial charge in [0, 0.05) is 38.0 Å². The van der Waals surface area contributed by atoms with Crippen molar-refractivity contribution in [1.29, 1.82) is 0 Å². The number of aromatic amines is 1. The first-order valence-corrected chi connectivity index (χ1v) is 6.07. The number of carbonyl (C=O) groups excluding carboxylic acids is 1. The molecule has 0 fully saturated rings. The van der Waals surface area contributed by atoms with Crippen molar-refractivity contribution in [1.82, 2.24) is 9.88 Å². The van der Waals surface area contributed by atoms with Crippen molar-refractivity contribution in [2.75, 3.05) is 26.8 Å². The number of aryl methyl sites for hydroxylation is 1. The second kappa shape index (κ2) is 6.96. The van der Waals surface area contributed by atoms with E-state index in [0.717, 1.165) is 6.42 Å². The van der Waals surface area contributed by atoms with Gasteiger partial charge in [-0.15, -0.1) is 0 Å². The molecule has 0 aliphatic rings. The molecule has 0 saturated heterocycles. The predicted octanol–water partition coefficient (Wildman–Crippen LogP) is 1.18. The normalized spacial score (nSPS) is 10.4. The van der Waals surface area contributed by atoms with E-state index in [4.69, 9.17) is 4.74 Å². The van der Waals surface area contributed by atoms with E-state index in [0.29, 0.717) is 31.1 Å². The number of H-pyrrole nitrogens is 1. The summed E-state index contributed by atoms with van der Waals surface area (Å²) in [6.07, 6.45) is 0.867. The number of carbonyl (C=O) groups is 1. The summed E-state index contributed by atoms with van der Waals surface area (Å²) in [5.41, 5.74) is 0.872. The number of hydrogen-bond acceptors (Lipinski definition) is 3. The molecule has 5 nitrogen and oxygen atoms in total. The van der Waals surface area contributed by atoms with Crippen LogP contribution in [-0.4, -0.2) is 42.6 Å². The van der Waals surface area contributed by atoms with Crippen LogP contribution in [0.3, 0.4) is 0 Å². The van der Waals surface area contributed by atoms with E-state index in [1.165, 1.54) is 12.1 Å². The lowest BCUT2D eigenvalue weighted by molar-refractivity contribution is 0.0689. The molecule has 1 amide bonds. The van der Waals surface area contributed by atoms with Gasteiger partial charge < -0.3 is 14.6 Å². The number of rotatable bonds is 6. The van der Waals surface area contributed by atoms with Gasteiger partial charge in [0.2, 0.25) is 0 Å². The molecule has 0 saturated carbocycles. The van der Waals surface area contributed by atoms with Crippen LogP contribution in [0.15, 0.2) is 16.9 Å². The number of methoxy groups -OCH3 is 1. The summed E-state index contributed by atoms with van der Waals surface area (Å²) in [5.74, 6) is -0.158. The number of amides is 1. The fourth-order valence-electron chi connectivity index (χ4n) is 1.75. The van der Waals surface area contributed by atoms with E-state index in [1.807, 2.05) is 6.92 Å². The Morgan fingerprint density at radius 3 is 2.67 bits per heavy atom. The monoisotopic (exact) mass is 252 g/mol. The van der Waals surface area contributed by atoms with Gasteiger partial charge in [-0.2, -0.15) is 0 Å². The van der Waals surface area contributed by atoms with Crippen LogP contribution < -0.4 is 5.43 Å². The Morgan fingerprint density at radius 1 is 1.39 bits per heavy atom. The van der Waals surface area contributed by atoms with Crippen LogP contribution in [0.5, 0.6) is 0 Å². The number of aromatic nitrogens is 1. The average molecular weight is 252 g/mol. The van der Waals surface area contributed by atoms with Gasteiger partial charge >= 0.3 is 0 Å². The van der Waals surface area contributed by atoms with Crippen LogP contribution in [0, 0.1) is 6.92 Å². The summed E-state index contributed by atoms with van der Waals surface area (Å²) >= 11 is 0. The third-order valence-corrected chi connectivity index (χ3v) is 2.55. The van der Waals surface area contributed by atoms with Gasteiger partial charge in [-0.1, -0.05) is 6.92 Å². The molecular weight excluding hydrogens is 232 g/mol. The quantitative estimate of drug-likeness (QED) is 0.827. The molecule has 1 aromatic heterocycles. The van der Waals surface area contributed by atoms with Crippen molar-refractivity contribution < 1.29 is 9.53 Å². The Hall–Kier alpha value is -1.62. The Bertz CT molecular complexity index is 454. The van der Waals surface area contributed by atoms with Crippen molar-refractivity contribution in [2.24, 2.45) is 0 Å². The summed E-state index contributed by atoms with van der Waals surface area (Å²) in [4.78, 5) is 28.3. The van der Waals surface area contributed by atoms with Gasteiger partial charge in [-0.05, 0) is 13.3 Å². The molecule has 1 heterocycles. The van der Waals surface area contributed by atoms with Crippen molar-refractivity contribution in [3.63, 3.8) is 0 Å². The molecule has 0 spiro atoms. The zero-order chi connectivity index (χ0) is 13.5. The van der Waals surface area contributed by atoms with E-state index in [-0.39, 0.29) is 11.3 Å². The summed E-state index contributed by atoms with van der Waals surface area (Å²) in [6.45, 7) is 5.43. The number of pyridine rings is 1. The predicted molar refractivity (Wildman–Crippen MR) is 69.9 cm³/mol. The minimum atomic E-state index is -0.158. The molecule has 5 heteroatoms. The van der Waals surface area contributed by atoms with Crippen LogP contribution >= 0.6 is 0 Å². The van der Waals surface area contributed by atoms with Crippen LogP contribution in [0.4, 0.5) is 0 Å². The zero-order valence-corrected chi connectivity index (χ0v) is 11.2. The Balaban J connectivity index is 2.90. The molecule has 1 rings (SSSR count). The average Bonchev–Trinajstić information content (AvgIpc) is 2.32. The highest BCUT2D eigenvalue weighted by molar-refractivity contribution is 5.92. The highest BCUT2D eigenvalue weighted by Crippen LogP contribution is 2.02. The smallest absolute Gasteiger partial charge is 0.270 e. The van der Waals surface area contributed by atoms with Gasteiger partial charge in [0.25, 0.3) is 5.91 Å². The van der Waals surface area contributed by atoms with Crippen molar-refractivity contribution >= 4 is 5.91 Å². The lowest BCUT2D eigenvalue weighted by Crippen LogP contribution is -2.35. The SMILES string of the molecule is CCCN(CCOC)C(=O)c1cc(=O)cc(C)[nH]1. The largest absolute Gasteiger partial charge is 0.383 e. The number of hydrogen-bond donors (Lipinski definition) is 1. The number of ether oxygens (including phenoxy) is 1. The van der Waals surface area contributed by atoms with Gasteiger partial charge in [0.1, 0.15) is 5.69 Å². The molecule has 18 heavy (non-hydrogen) atoms. The van der Waals surface area contributed by atoms with E-state index in [9.17, 15) is 9.59 Å². The van der Waals surface area contributed by atoms with Crippen LogP contribution in [-0.2, 0) is 4.74 Å². The molecule has 1 N–H and O–H groups in total. The van der Waals surface area contributed by atoms with E-state index < -0.39 is 0 Å². The van der Waals surface area contributed by atoms with Crippen LogP contribution in [0.25, 0.3) is 0 Å². The maximum atomic E-state index is 12.2. The molecule has 1 aromatic rings. The fourth-order valence-corrected chi connectivity index (χ4v) is 1.75. The van der Waals surface area contributed by atoms with Gasteiger partial charge in [-0.25, -0.2) is 0 Å². The second-order valence-electron chi connectivity index (χ2n) is 4.20. The molecule has 0 radical (unpaired) electrons. The topological polar surface area (TPSA) is 62.4 Å². The standard InChI is InChI=1S/C13H20N2O3/c1-4-5-15(6-7-18-3)13(17)12-9-11(16)8-10(2)14-12/h8-9H,4-7H2,1-3H3,(H,14,16). The van der Waals surface area contributed by atoms with E-state index in [1.54, 1.807) is 18.9 Å². The van der Waals surface area contributed by atoms with E-state index in [2.05, 4.69) is 4.98 Å². The maximum absolute atomic E-state index is 12.2. The van der Waals surface area contributed by atoms with Gasteiger partial charge in [0.05, 0.1) is 6.61 Å². The maximum Gasteiger partial charge on any atom is 0.270 e. The first-order valence-electron chi connectivity index (χ1n) is 6.07. The molecule has 0 aliphatic heterocycles. The lowest BCUT2D eigenvalue weighted by atomic mass is 10.2. The zero-order valence-electron chi connectivity index (χ0n) is 11.2. The molecule has 100 valence electrons. The molecule has 0 unspecified atom stereocenters. The lowest BCUT2D eigenvalue weighted by Gasteiger charge is -2.21. The third kappa shape index (κ3) is 4.00. The van der Waals surface area contributed by atoms with Crippen LogP contribution in [0.2, 0.25) is 0 Å². The Morgan fingerprint density at radius 2 is 2.11 bits per heavy atom. The van der Waals surface area contributed by atoms with E-state index >= 15 is 0 Å². The highest BCUT2D eigenvalue weighted by atomic mass is 16.5. The molecule has 0 bridgehead atoms. The Kier molecular flexibility index (Phi) is 5.58. The van der Waals surface area contributed by atoms with Crippen LogP contribution in [0.1, 0.15) is 29.5 Å². The third-order valence-electron chi connectivity index (χ3n) is 2.55. The molecular formula is C13H20N2O3. The summed E-state index contributed by atoms with van der Waals surface area (Å²) in [5, 5.41) is 0. The van der Waals surface area contributed by atoms with Crippen molar-refractivity contribution in [3.8, 4) is 0 Å². The second-order valence-corrected chi connectivity index (χ2v) is 4.20. The number of nitrogens with zero attached hydrogens (tertiary/aromatic N) is 1. The van der Waals surface area contributed by atoms with Gasteiger partial charge in [-0.3, -0.25) is 9.59 Å². The van der Waals surface area contributed by atoms with Crippen molar-refractivity contribution in [3.05, 3.63) is 33.7 Å². The minimum absolute atomic E-state index is 0.155. The minimum Gasteiger partial charge on any atom is -0.383 e. The van der Waals surface area contributed by atoms with Crippen molar-refractivity contribution in [2.45, 2.75) is 20.3 Å². The summed E-state index contributed by atoms with van der Waals surface area (Å²) < 4.78 is 4.99. The molecule has 0 aliphatic carbocycles. The fraction of sp³-hybridized carbons (Fsp3) is 0.538. The highest BCUT2D eigenvalue weighted by Gasteiger charge is 2.15. The summed E-state index contributed by atoms with van der Waals surface area (Å²) in [6, 6.07) is 2.81. The van der Waals surface area contributed by atoms with Gasteiger partial charge in [0.15, 0.2) is 5.43 Å². The summed E-state index contributed by atoms with van der Waals surface area (Å²) in [7, 11) is 1.60. The number of nitrogens with one attached hydrogen (secondary N) is 1. The Labute approximate surface area is 107 Å². The molecule has 0 aromatic carbocycles. The first-order chi connectivity index (χ1) is 8.58. The first kappa shape index (κ1) is 14.4. The molecule has 0 atom stereocenters.